The summed E-state index contributed by atoms with van der Waals surface area (Å²) in [5.74, 6) is 0.556. The summed E-state index contributed by atoms with van der Waals surface area (Å²) in [6.45, 7) is 0. The highest BCUT2D eigenvalue weighted by atomic mass is 35.5. The third kappa shape index (κ3) is 3.44. The number of nitrogens with one attached hydrogen (secondary N) is 2. The molecule has 0 bridgehead atoms. The monoisotopic (exact) mass is 370 g/mol. The van der Waals surface area contributed by atoms with E-state index in [4.69, 9.17) is 28.9 Å². The standard InChI is InChI=1S/C7H5ClN4O2.C5H7ClN4/c1-12-5-3(4(8)9-2-10-5)11-6(13)7(12)14;1-8-5-3(7)4(6)9-2-10-5/h2H,1H3,(H,11,13);2H,7H2,1H3,(H,8,9,10). The van der Waals surface area contributed by atoms with E-state index in [0.717, 1.165) is 4.57 Å². The lowest BCUT2D eigenvalue weighted by Gasteiger charge is -2.02. The summed E-state index contributed by atoms with van der Waals surface area (Å²) in [5.41, 5.74) is 5.01. The van der Waals surface area contributed by atoms with Gasteiger partial charge in [-0.05, 0) is 0 Å². The molecule has 3 rings (SSSR count). The first kappa shape index (κ1) is 17.6. The number of aromatic amines is 1. The van der Waals surface area contributed by atoms with Crippen LogP contribution in [0, 0.1) is 0 Å². The van der Waals surface area contributed by atoms with E-state index in [1.165, 1.54) is 19.7 Å². The van der Waals surface area contributed by atoms with Crippen molar-refractivity contribution >= 4 is 45.9 Å². The summed E-state index contributed by atoms with van der Waals surface area (Å²) < 4.78 is 1.13. The summed E-state index contributed by atoms with van der Waals surface area (Å²) in [5, 5.41) is 3.17. The third-order valence-electron chi connectivity index (χ3n) is 2.91. The van der Waals surface area contributed by atoms with Crippen LogP contribution in [0.5, 0.6) is 0 Å². The molecule has 0 saturated carbocycles. The van der Waals surface area contributed by atoms with Crippen molar-refractivity contribution < 1.29 is 0 Å². The van der Waals surface area contributed by atoms with Gasteiger partial charge in [-0.25, -0.2) is 19.9 Å². The van der Waals surface area contributed by atoms with E-state index in [-0.39, 0.29) is 15.8 Å². The van der Waals surface area contributed by atoms with Gasteiger partial charge >= 0.3 is 11.1 Å². The first-order valence-corrected chi connectivity index (χ1v) is 7.15. The highest BCUT2D eigenvalue weighted by Gasteiger charge is 2.08. The molecule has 0 aliphatic rings. The van der Waals surface area contributed by atoms with Crippen LogP contribution in [-0.2, 0) is 7.05 Å². The number of rotatable bonds is 1. The van der Waals surface area contributed by atoms with Gasteiger partial charge in [0.1, 0.15) is 23.9 Å². The van der Waals surface area contributed by atoms with Crippen molar-refractivity contribution in [3.8, 4) is 0 Å². The lowest BCUT2D eigenvalue weighted by Crippen LogP contribution is -2.35. The van der Waals surface area contributed by atoms with Crippen molar-refractivity contribution in [3.63, 3.8) is 0 Å². The summed E-state index contributed by atoms with van der Waals surface area (Å²) in [4.78, 5) is 39.7. The zero-order valence-corrected chi connectivity index (χ0v) is 14.1. The summed E-state index contributed by atoms with van der Waals surface area (Å²) in [6, 6.07) is 0. The smallest absolute Gasteiger partial charge is 0.317 e. The van der Waals surface area contributed by atoms with Gasteiger partial charge in [-0.3, -0.25) is 14.2 Å². The molecule has 3 aromatic rings. The number of H-pyrrole nitrogens is 1. The van der Waals surface area contributed by atoms with Crippen molar-refractivity contribution in [2.24, 2.45) is 7.05 Å². The Morgan fingerprint density at radius 2 is 1.75 bits per heavy atom. The minimum absolute atomic E-state index is 0.114. The largest absolute Gasteiger partial charge is 0.393 e. The van der Waals surface area contributed by atoms with Crippen LogP contribution in [0.15, 0.2) is 22.2 Å². The zero-order chi connectivity index (χ0) is 17.9. The second-order valence-corrected chi connectivity index (χ2v) is 5.07. The Hall–Kier alpha value is -2.72. The van der Waals surface area contributed by atoms with E-state index < -0.39 is 11.1 Å². The van der Waals surface area contributed by atoms with Crippen molar-refractivity contribution in [1.82, 2.24) is 29.5 Å². The molecule has 3 heterocycles. The van der Waals surface area contributed by atoms with Crippen molar-refractivity contribution in [1.29, 1.82) is 0 Å². The van der Waals surface area contributed by atoms with Gasteiger partial charge in [0, 0.05) is 14.1 Å². The summed E-state index contributed by atoms with van der Waals surface area (Å²) in [6.07, 6.45) is 2.58. The van der Waals surface area contributed by atoms with Crippen LogP contribution < -0.4 is 22.2 Å². The quantitative estimate of drug-likeness (QED) is 0.412. The second kappa shape index (κ2) is 7.23. The molecule has 0 spiro atoms. The van der Waals surface area contributed by atoms with E-state index in [1.807, 2.05) is 0 Å². The van der Waals surface area contributed by atoms with Gasteiger partial charge in [0.25, 0.3) is 0 Å². The fraction of sp³-hybridized carbons (Fsp3) is 0.167. The Kier molecular flexibility index (Phi) is 5.31. The zero-order valence-electron chi connectivity index (χ0n) is 12.5. The molecule has 0 atom stereocenters. The average Bonchev–Trinajstić information content (AvgIpc) is 2.57. The number of anilines is 2. The Labute approximate surface area is 144 Å². The first-order valence-electron chi connectivity index (χ1n) is 6.40. The fourth-order valence-electron chi connectivity index (χ4n) is 1.71. The Morgan fingerprint density at radius 3 is 2.38 bits per heavy atom. The minimum Gasteiger partial charge on any atom is -0.393 e. The van der Waals surface area contributed by atoms with E-state index in [1.54, 1.807) is 7.05 Å². The predicted octanol–water partition coefficient (Wildman–Crippen LogP) is 0.424. The molecule has 126 valence electrons. The number of aryl methyl sites for hydroxylation is 1. The van der Waals surface area contributed by atoms with Crippen LogP contribution in [-0.4, -0.2) is 36.5 Å². The second-order valence-electron chi connectivity index (χ2n) is 4.36. The van der Waals surface area contributed by atoms with Gasteiger partial charge < -0.3 is 16.0 Å². The third-order valence-corrected chi connectivity index (χ3v) is 3.50. The molecule has 0 amide bonds. The molecule has 10 nitrogen and oxygen atoms in total. The number of hydrogen-bond acceptors (Lipinski definition) is 8. The van der Waals surface area contributed by atoms with Crippen LogP contribution in [0.2, 0.25) is 10.3 Å². The lowest BCUT2D eigenvalue weighted by molar-refractivity contribution is 0.852. The van der Waals surface area contributed by atoms with Crippen LogP contribution in [0.25, 0.3) is 11.2 Å². The Morgan fingerprint density at radius 1 is 1.12 bits per heavy atom. The maximum atomic E-state index is 11.2. The normalized spacial score (nSPS) is 10.2. The molecule has 0 fully saturated rings. The van der Waals surface area contributed by atoms with E-state index in [0.29, 0.717) is 17.2 Å². The molecule has 0 aliphatic heterocycles. The number of fused-ring (bicyclic) bond motifs is 1. The predicted molar refractivity (Wildman–Crippen MR) is 91.4 cm³/mol. The fourth-order valence-corrected chi connectivity index (χ4v) is 2.01. The first-order chi connectivity index (χ1) is 11.4. The molecule has 0 aliphatic carbocycles. The van der Waals surface area contributed by atoms with Gasteiger partial charge in [-0.2, -0.15) is 0 Å². The number of nitrogen functional groups attached to an aromatic ring is 1. The Bertz CT molecular complexity index is 1000. The minimum atomic E-state index is -0.739. The lowest BCUT2D eigenvalue weighted by atomic mass is 10.5. The maximum Gasteiger partial charge on any atom is 0.317 e. The molecule has 24 heavy (non-hydrogen) atoms. The number of hydrogen-bond donors (Lipinski definition) is 3. The number of nitrogens with two attached hydrogens (primary N) is 1. The molecule has 0 radical (unpaired) electrons. The molecule has 4 N–H and O–H groups in total. The molecule has 0 unspecified atom stereocenters. The maximum absolute atomic E-state index is 11.2. The van der Waals surface area contributed by atoms with Crippen molar-refractivity contribution in [2.75, 3.05) is 18.1 Å². The van der Waals surface area contributed by atoms with Crippen LogP contribution in [0.4, 0.5) is 11.5 Å². The van der Waals surface area contributed by atoms with Gasteiger partial charge in [0.15, 0.2) is 21.8 Å². The number of aromatic nitrogens is 6. The summed E-state index contributed by atoms with van der Waals surface area (Å²) >= 11 is 11.3. The van der Waals surface area contributed by atoms with E-state index >= 15 is 0 Å². The molecule has 0 aromatic carbocycles. The van der Waals surface area contributed by atoms with Gasteiger partial charge in [0.2, 0.25) is 0 Å². The summed E-state index contributed by atoms with van der Waals surface area (Å²) in [7, 11) is 3.16. The van der Waals surface area contributed by atoms with Crippen LogP contribution in [0.1, 0.15) is 0 Å². The van der Waals surface area contributed by atoms with Crippen molar-refractivity contribution in [2.45, 2.75) is 0 Å². The van der Waals surface area contributed by atoms with Crippen LogP contribution >= 0.6 is 23.2 Å². The molecule has 3 aromatic heterocycles. The van der Waals surface area contributed by atoms with Gasteiger partial charge in [-0.15, -0.1) is 0 Å². The van der Waals surface area contributed by atoms with E-state index in [9.17, 15) is 9.59 Å². The van der Waals surface area contributed by atoms with Gasteiger partial charge in [0.05, 0.1) is 0 Å². The highest BCUT2D eigenvalue weighted by molar-refractivity contribution is 6.33. The average molecular weight is 371 g/mol. The number of nitrogens with zero attached hydrogens (tertiary/aromatic N) is 5. The highest BCUT2D eigenvalue weighted by Crippen LogP contribution is 2.20. The van der Waals surface area contributed by atoms with Crippen molar-refractivity contribution in [3.05, 3.63) is 43.7 Å². The number of halogens is 2. The molecular weight excluding hydrogens is 359 g/mol. The molecular formula is C12H12Cl2N8O2. The Balaban J connectivity index is 0.000000185. The van der Waals surface area contributed by atoms with Gasteiger partial charge in [-0.1, -0.05) is 23.2 Å². The molecule has 12 heteroatoms. The SMILES string of the molecule is CNc1ncnc(Cl)c1N.Cn1c(=O)c(=O)[nH]c2c(Cl)ncnc21. The topological polar surface area (TPSA) is 144 Å². The molecule has 0 saturated heterocycles. The van der Waals surface area contributed by atoms with Crippen LogP contribution in [0.3, 0.4) is 0 Å². The van der Waals surface area contributed by atoms with E-state index in [2.05, 4.69) is 30.2 Å².